The van der Waals surface area contributed by atoms with Gasteiger partial charge in [0.1, 0.15) is 9.88 Å². The van der Waals surface area contributed by atoms with Crippen molar-refractivity contribution in [1.29, 1.82) is 0 Å². The van der Waals surface area contributed by atoms with Gasteiger partial charge in [0.25, 0.3) is 5.91 Å². The molecule has 0 saturated heterocycles. The number of hydrogen-bond acceptors (Lipinski definition) is 7. The van der Waals surface area contributed by atoms with Crippen LogP contribution in [0.4, 0.5) is 5.00 Å². The Morgan fingerprint density at radius 3 is 3.00 bits per heavy atom. The van der Waals surface area contributed by atoms with Crippen molar-refractivity contribution < 1.29 is 14.0 Å². The molecule has 1 N–H and O–H groups in total. The summed E-state index contributed by atoms with van der Waals surface area (Å²) in [5.41, 5.74) is 2.29. The summed E-state index contributed by atoms with van der Waals surface area (Å²) in [5, 5.41) is 7.54. The molecule has 27 heavy (non-hydrogen) atoms. The number of anilines is 1. The summed E-state index contributed by atoms with van der Waals surface area (Å²) >= 11 is 2.58. The third-order valence-corrected chi connectivity index (χ3v) is 6.74. The summed E-state index contributed by atoms with van der Waals surface area (Å²) in [6.07, 6.45) is 4.93. The Labute approximate surface area is 164 Å². The highest BCUT2D eigenvalue weighted by Gasteiger charge is 2.30. The largest absolute Gasteiger partial charge is 0.461 e. The maximum absolute atomic E-state index is 13.1. The highest BCUT2D eigenvalue weighted by molar-refractivity contribution is 7.17. The summed E-state index contributed by atoms with van der Waals surface area (Å²) < 4.78 is 9.21. The molecule has 0 bridgehead atoms. The Morgan fingerprint density at radius 1 is 1.41 bits per heavy atom. The minimum atomic E-state index is -0.262. The molecule has 1 aliphatic carbocycles. The number of furan rings is 1. The Bertz CT molecular complexity index is 988. The molecule has 1 unspecified atom stereocenters. The fourth-order valence-corrected chi connectivity index (χ4v) is 5.43. The molecule has 4 rings (SSSR count). The van der Waals surface area contributed by atoms with Crippen molar-refractivity contribution in [2.75, 3.05) is 5.32 Å². The first-order valence-electron chi connectivity index (χ1n) is 8.93. The van der Waals surface area contributed by atoms with Crippen molar-refractivity contribution >= 4 is 39.6 Å². The molecular formula is C19H19N3O3S2. The van der Waals surface area contributed by atoms with E-state index in [9.17, 15) is 9.59 Å². The van der Waals surface area contributed by atoms with Crippen LogP contribution in [0.25, 0.3) is 0 Å². The van der Waals surface area contributed by atoms with Crippen molar-refractivity contribution in [1.82, 2.24) is 9.59 Å². The number of nitrogens with zero attached hydrogens (tertiary/aromatic N) is 2. The van der Waals surface area contributed by atoms with Crippen molar-refractivity contribution in [2.24, 2.45) is 5.92 Å². The van der Waals surface area contributed by atoms with Crippen molar-refractivity contribution in [2.45, 2.75) is 39.5 Å². The summed E-state index contributed by atoms with van der Waals surface area (Å²) in [6, 6.07) is 3.36. The maximum atomic E-state index is 13.1. The van der Waals surface area contributed by atoms with Gasteiger partial charge in [-0.05, 0) is 60.8 Å². The monoisotopic (exact) mass is 401 g/mol. The van der Waals surface area contributed by atoms with Gasteiger partial charge >= 0.3 is 0 Å². The molecule has 8 heteroatoms. The molecule has 6 nitrogen and oxygen atoms in total. The van der Waals surface area contributed by atoms with Crippen LogP contribution in [0.15, 0.2) is 22.8 Å². The van der Waals surface area contributed by atoms with Crippen LogP contribution in [-0.2, 0) is 19.3 Å². The summed E-state index contributed by atoms with van der Waals surface area (Å²) in [4.78, 5) is 27.5. The van der Waals surface area contributed by atoms with Gasteiger partial charge < -0.3 is 9.73 Å². The Kier molecular flexibility index (Phi) is 4.92. The number of fused-ring (bicyclic) bond motifs is 1. The van der Waals surface area contributed by atoms with Gasteiger partial charge in [0.05, 0.1) is 17.5 Å². The van der Waals surface area contributed by atoms with Gasteiger partial charge in [-0.2, -0.15) is 0 Å². The van der Waals surface area contributed by atoms with E-state index in [2.05, 4.69) is 21.8 Å². The predicted octanol–water partition coefficient (Wildman–Crippen LogP) is 4.36. The first kappa shape index (κ1) is 18.1. The maximum Gasteiger partial charge on any atom is 0.269 e. The van der Waals surface area contributed by atoms with Crippen LogP contribution in [0.3, 0.4) is 0 Å². The number of amides is 1. The molecule has 1 amide bonds. The second kappa shape index (κ2) is 7.36. The zero-order valence-electron chi connectivity index (χ0n) is 15.1. The number of hydrogen-bond donors (Lipinski definition) is 1. The smallest absolute Gasteiger partial charge is 0.269 e. The lowest BCUT2D eigenvalue weighted by Crippen LogP contribution is -2.16. The molecule has 0 spiro atoms. The molecule has 0 fully saturated rings. The fourth-order valence-electron chi connectivity index (χ4n) is 3.38. The number of rotatable bonds is 5. The minimum absolute atomic E-state index is 0.180. The van der Waals surface area contributed by atoms with E-state index in [0.29, 0.717) is 39.2 Å². The summed E-state index contributed by atoms with van der Waals surface area (Å²) in [7, 11) is 0. The van der Waals surface area contributed by atoms with E-state index >= 15 is 0 Å². The molecule has 0 radical (unpaired) electrons. The van der Waals surface area contributed by atoms with Crippen LogP contribution in [0.5, 0.6) is 0 Å². The standard InChI is InChI=1S/C19H19N3O3S2/c1-3-12-17(27-22-21-12)18(24)20-19-15(16(23)13-5-4-8-25-13)11-7-6-10(2)9-14(11)26-19/h4-5,8,10H,3,6-7,9H2,1-2H3,(H,20,24). The second-order valence-electron chi connectivity index (χ2n) is 6.72. The molecular weight excluding hydrogens is 382 g/mol. The molecule has 0 saturated carbocycles. The molecule has 0 aliphatic heterocycles. The third-order valence-electron chi connectivity index (χ3n) is 4.81. The molecule has 140 valence electrons. The van der Waals surface area contributed by atoms with Crippen molar-refractivity contribution in [3.8, 4) is 0 Å². The normalized spacial score (nSPS) is 16.1. The highest BCUT2D eigenvalue weighted by Crippen LogP contribution is 2.41. The lowest BCUT2D eigenvalue weighted by Gasteiger charge is -2.18. The lowest BCUT2D eigenvalue weighted by atomic mass is 9.87. The van der Waals surface area contributed by atoms with E-state index in [1.54, 1.807) is 12.1 Å². The quantitative estimate of drug-likeness (QED) is 0.642. The average molecular weight is 402 g/mol. The van der Waals surface area contributed by atoms with Crippen LogP contribution >= 0.6 is 22.9 Å². The van der Waals surface area contributed by atoms with E-state index in [0.717, 1.165) is 36.4 Å². The van der Waals surface area contributed by atoms with Crippen molar-refractivity contribution in [3.05, 3.63) is 50.7 Å². The van der Waals surface area contributed by atoms with Gasteiger partial charge in [-0.15, -0.1) is 16.4 Å². The lowest BCUT2D eigenvalue weighted by molar-refractivity contribution is 0.101. The number of ketones is 1. The van der Waals surface area contributed by atoms with Crippen LogP contribution < -0.4 is 5.32 Å². The van der Waals surface area contributed by atoms with E-state index in [-0.39, 0.29) is 11.7 Å². The van der Waals surface area contributed by atoms with Crippen LogP contribution in [0.1, 0.15) is 62.2 Å². The number of thiophene rings is 1. The van der Waals surface area contributed by atoms with E-state index in [1.165, 1.54) is 22.5 Å². The predicted molar refractivity (Wildman–Crippen MR) is 105 cm³/mol. The average Bonchev–Trinajstić information content (AvgIpc) is 3.39. The molecule has 3 aromatic heterocycles. The van der Waals surface area contributed by atoms with E-state index < -0.39 is 0 Å². The first-order valence-corrected chi connectivity index (χ1v) is 10.5. The molecule has 1 aliphatic rings. The number of aromatic nitrogens is 2. The minimum Gasteiger partial charge on any atom is -0.461 e. The van der Waals surface area contributed by atoms with Gasteiger partial charge in [0.15, 0.2) is 5.76 Å². The summed E-state index contributed by atoms with van der Waals surface area (Å²) in [6.45, 7) is 4.15. The fraction of sp³-hybridized carbons (Fsp3) is 0.368. The van der Waals surface area contributed by atoms with Gasteiger partial charge in [-0.1, -0.05) is 18.3 Å². The topological polar surface area (TPSA) is 85.1 Å². The Balaban J connectivity index is 1.73. The number of aryl methyl sites for hydroxylation is 1. The molecule has 0 aromatic carbocycles. The van der Waals surface area contributed by atoms with Crippen molar-refractivity contribution in [3.63, 3.8) is 0 Å². The Hall–Kier alpha value is -2.32. The van der Waals surface area contributed by atoms with Crippen LogP contribution in [0.2, 0.25) is 0 Å². The zero-order chi connectivity index (χ0) is 19.0. The third kappa shape index (κ3) is 3.35. The molecule has 3 aromatic rings. The van der Waals surface area contributed by atoms with Gasteiger partial charge in [-0.3, -0.25) is 9.59 Å². The number of carbonyl (C=O) groups is 2. The molecule has 3 heterocycles. The van der Waals surface area contributed by atoms with Crippen LogP contribution in [-0.4, -0.2) is 21.3 Å². The molecule has 1 atom stereocenters. The van der Waals surface area contributed by atoms with Crippen LogP contribution in [0, 0.1) is 5.92 Å². The second-order valence-corrected chi connectivity index (χ2v) is 8.58. The number of carbonyl (C=O) groups excluding carboxylic acids is 2. The number of nitrogens with one attached hydrogen (secondary N) is 1. The Morgan fingerprint density at radius 2 is 2.26 bits per heavy atom. The van der Waals surface area contributed by atoms with E-state index in [1.807, 2.05) is 6.92 Å². The van der Waals surface area contributed by atoms with Gasteiger partial charge in [0, 0.05) is 4.88 Å². The first-order chi connectivity index (χ1) is 13.1. The highest BCUT2D eigenvalue weighted by atomic mass is 32.1. The zero-order valence-corrected chi connectivity index (χ0v) is 16.7. The summed E-state index contributed by atoms with van der Waals surface area (Å²) in [5.74, 6) is 0.421. The SMILES string of the molecule is CCc1nnsc1C(=O)Nc1sc2c(c1C(=O)c1ccco1)CCC(C)C2. The van der Waals surface area contributed by atoms with Gasteiger partial charge in [0.2, 0.25) is 5.78 Å². The van der Waals surface area contributed by atoms with E-state index in [4.69, 9.17) is 4.42 Å². The van der Waals surface area contributed by atoms with Gasteiger partial charge in [-0.25, -0.2) is 0 Å².